The van der Waals surface area contributed by atoms with Gasteiger partial charge in [-0.25, -0.2) is 9.78 Å². The second-order valence-electron chi connectivity index (χ2n) is 9.08. The zero-order chi connectivity index (χ0) is 19.8. The number of nitrogens with one attached hydrogen (secondary N) is 1. The smallest absolute Gasteiger partial charge is 0.408 e. The highest BCUT2D eigenvalue weighted by molar-refractivity contribution is 5.69. The van der Waals surface area contributed by atoms with Gasteiger partial charge in [0.25, 0.3) is 0 Å². The van der Waals surface area contributed by atoms with Gasteiger partial charge < -0.3 is 19.4 Å². The average Bonchev–Trinajstić information content (AvgIpc) is 3.26. The predicted molar refractivity (Wildman–Crippen MR) is 106 cm³/mol. The largest absolute Gasteiger partial charge is 0.444 e. The molecular weight excluding hydrogens is 354 g/mol. The number of aromatic nitrogens is 2. The summed E-state index contributed by atoms with van der Waals surface area (Å²) >= 11 is 0. The highest BCUT2D eigenvalue weighted by Crippen LogP contribution is 2.57. The Balaban J connectivity index is 1.34. The first-order chi connectivity index (χ1) is 13.3. The molecular formula is C22H29N3O3. The summed E-state index contributed by atoms with van der Waals surface area (Å²) < 4.78 is 13.6. The molecule has 2 bridgehead atoms. The van der Waals surface area contributed by atoms with Crippen LogP contribution in [0.5, 0.6) is 0 Å². The van der Waals surface area contributed by atoms with Gasteiger partial charge in [-0.3, -0.25) is 0 Å². The first kappa shape index (κ1) is 19.0. The number of rotatable bonds is 6. The fourth-order valence-electron chi connectivity index (χ4n) is 4.54. The Bertz CT molecular complexity index is 819. The van der Waals surface area contributed by atoms with Crippen LogP contribution in [0, 0.1) is 5.92 Å². The van der Waals surface area contributed by atoms with Gasteiger partial charge in [0, 0.05) is 24.0 Å². The number of benzene rings is 1. The van der Waals surface area contributed by atoms with Gasteiger partial charge in [0.05, 0.1) is 6.61 Å². The molecule has 2 aromatic rings. The van der Waals surface area contributed by atoms with Gasteiger partial charge in [0.1, 0.15) is 18.0 Å². The van der Waals surface area contributed by atoms with Gasteiger partial charge in [0.15, 0.2) is 0 Å². The van der Waals surface area contributed by atoms with E-state index in [0.717, 1.165) is 30.7 Å². The average molecular weight is 383 g/mol. The lowest BCUT2D eigenvalue weighted by atomic mass is 9.77. The van der Waals surface area contributed by atoms with Crippen LogP contribution < -0.4 is 5.32 Å². The molecule has 0 radical (unpaired) electrons. The van der Waals surface area contributed by atoms with Crippen LogP contribution in [-0.4, -0.2) is 26.8 Å². The lowest BCUT2D eigenvalue weighted by Gasteiger charge is -2.39. The van der Waals surface area contributed by atoms with Gasteiger partial charge in [-0.1, -0.05) is 30.3 Å². The maximum atomic E-state index is 12.2. The Labute approximate surface area is 166 Å². The molecule has 6 heteroatoms. The maximum Gasteiger partial charge on any atom is 0.408 e. The zero-order valence-corrected chi connectivity index (χ0v) is 16.9. The van der Waals surface area contributed by atoms with Crippen molar-refractivity contribution in [3.05, 3.63) is 54.1 Å². The van der Waals surface area contributed by atoms with E-state index in [1.54, 1.807) is 0 Å². The Morgan fingerprint density at radius 3 is 2.68 bits per heavy atom. The summed E-state index contributed by atoms with van der Waals surface area (Å²) in [5.74, 6) is 1.51. The number of hydrogen-bond acceptors (Lipinski definition) is 4. The van der Waals surface area contributed by atoms with Crippen molar-refractivity contribution in [2.45, 2.75) is 70.4 Å². The van der Waals surface area contributed by atoms with Crippen molar-refractivity contribution in [2.24, 2.45) is 5.92 Å². The molecule has 3 aliphatic carbocycles. The van der Waals surface area contributed by atoms with E-state index in [9.17, 15) is 4.79 Å². The van der Waals surface area contributed by atoms with Gasteiger partial charge in [-0.05, 0) is 51.5 Å². The van der Waals surface area contributed by atoms with Crippen molar-refractivity contribution in [3.63, 3.8) is 0 Å². The van der Waals surface area contributed by atoms with E-state index in [4.69, 9.17) is 9.47 Å². The van der Waals surface area contributed by atoms with Crippen molar-refractivity contribution < 1.29 is 14.3 Å². The molecule has 3 saturated carbocycles. The van der Waals surface area contributed by atoms with E-state index < -0.39 is 5.60 Å². The third-order valence-corrected chi connectivity index (χ3v) is 5.66. The monoisotopic (exact) mass is 383 g/mol. The Hall–Kier alpha value is -2.34. The highest BCUT2D eigenvalue weighted by Gasteiger charge is 2.58. The summed E-state index contributed by atoms with van der Waals surface area (Å²) in [6.07, 6.45) is 6.47. The summed E-state index contributed by atoms with van der Waals surface area (Å²) in [6.45, 7) is 6.72. The quantitative estimate of drug-likeness (QED) is 0.811. The molecule has 150 valence electrons. The molecule has 5 rings (SSSR count). The summed E-state index contributed by atoms with van der Waals surface area (Å²) in [6, 6.07) is 10.5. The number of nitrogens with zero attached hydrogens (tertiary/aromatic N) is 2. The summed E-state index contributed by atoms with van der Waals surface area (Å²) in [5.41, 5.74) is 0.545. The van der Waals surface area contributed by atoms with Gasteiger partial charge in [-0.2, -0.15) is 0 Å². The number of ether oxygens (including phenoxy) is 2. The van der Waals surface area contributed by atoms with Crippen molar-refractivity contribution >= 4 is 6.09 Å². The number of amides is 1. The topological polar surface area (TPSA) is 65.4 Å². The molecule has 0 spiro atoms. The van der Waals surface area contributed by atoms with Crippen LogP contribution in [0.1, 0.15) is 57.5 Å². The second-order valence-corrected chi connectivity index (χ2v) is 9.08. The Kier molecular flexibility index (Phi) is 4.91. The summed E-state index contributed by atoms with van der Waals surface area (Å²) in [5, 5.41) is 3.13. The van der Waals surface area contributed by atoms with E-state index >= 15 is 0 Å². The Morgan fingerprint density at radius 2 is 1.96 bits per heavy atom. The number of alkyl carbamates (subject to hydrolysis) is 1. The van der Waals surface area contributed by atoms with Crippen LogP contribution >= 0.6 is 0 Å². The maximum absolute atomic E-state index is 12.2. The number of fused-ring (bicyclic) bond motifs is 1. The minimum Gasteiger partial charge on any atom is -0.444 e. The zero-order valence-electron chi connectivity index (χ0n) is 16.9. The number of imidazole rings is 1. The molecule has 0 saturated heterocycles. The van der Waals surface area contributed by atoms with Gasteiger partial charge >= 0.3 is 6.09 Å². The van der Waals surface area contributed by atoms with Crippen LogP contribution in [0.15, 0.2) is 42.7 Å². The molecule has 1 atom stereocenters. The van der Waals surface area contributed by atoms with Crippen LogP contribution in [0.2, 0.25) is 0 Å². The highest BCUT2D eigenvalue weighted by atomic mass is 16.6. The van der Waals surface area contributed by atoms with Crippen LogP contribution in [0.25, 0.3) is 0 Å². The molecule has 1 aromatic heterocycles. The van der Waals surface area contributed by atoms with E-state index in [-0.39, 0.29) is 11.6 Å². The molecule has 0 aliphatic heterocycles. The fourth-order valence-corrected chi connectivity index (χ4v) is 4.54. The fraction of sp³-hybridized carbons (Fsp3) is 0.545. The molecule has 3 fully saturated rings. The molecule has 28 heavy (non-hydrogen) atoms. The van der Waals surface area contributed by atoms with E-state index in [2.05, 4.69) is 27.0 Å². The van der Waals surface area contributed by atoms with E-state index in [1.165, 1.54) is 0 Å². The molecule has 1 heterocycles. The first-order valence-corrected chi connectivity index (χ1v) is 9.98. The lowest BCUT2D eigenvalue weighted by Crippen LogP contribution is -2.53. The molecule has 6 nitrogen and oxygen atoms in total. The molecule has 1 N–H and O–H groups in total. The summed E-state index contributed by atoms with van der Waals surface area (Å²) in [4.78, 5) is 16.7. The third kappa shape index (κ3) is 4.07. The number of hydrogen-bond donors (Lipinski definition) is 1. The van der Waals surface area contributed by atoms with Crippen molar-refractivity contribution in [3.8, 4) is 0 Å². The van der Waals surface area contributed by atoms with Crippen LogP contribution in [0.3, 0.4) is 0 Å². The number of carbonyl (C=O) groups is 1. The minimum atomic E-state index is -0.477. The predicted octanol–water partition coefficient (Wildman–Crippen LogP) is 4.22. The third-order valence-electron chi connectivity index (χ3n) is 5.66. The van der Waals surface area contributed by atoms with E-state index in [1.807, 2.05) is 51.4 Å². The van der Waals surface area contributed by atoms with Crippen molar-refractivity contribution in [1.82, 2.24) is 14.9 Å². The number of carbonyl (C=O) groups excluding carboxylic acids is 1. The normalized spacial score (nSPS) is 26.0. The molecule has 1 aromatic carbocycles. The standard InChI is InChI=1S/C22H29N3O3/c1-21(2,3)28-20(26)24-22-11-17(12-22)18(13-22)25-10-9-23-19(25)15-27-14-16-7-5-4-6-8-16/h4-10,17-18H,11-15H2,1-3H3,(H,24,26)/t17?,18-,22?/m1/s1. The van der Waals surface area contributed by atoms with Crippen LogP contribution in [-0.2, 0) is 22.7 Å². The van der Waals surface area contributed by atoms with Crippen molar-refractivity contribution in [2.75, 3.05) is 0 Å². The first-order valence-electron chi connectivity index (χ1n) is 9.98. The second kappa shape index (κ2) is 7.24. The summed E-state index contributed by atoms with van der Waals surface area (Å²) in [7, 11) is 0. The molecule has 3 aliphatic rings. The van der Waals surface area contributed by atoms with Crippen molar-refractivity contribution in [1.29, 1.82) is 0 Å². The van der Waals surface area contributed by atoms with Gasteiger partial charge in [0.2, 0.25) is 0 Å². The Morgan fingerprint density at radius 1 is 1.21 bits per heavy atom. The SMILES string of the molecule is CC(C)(C)OC(=O)NC12CC(C1)[C@H](n1ccnc1COCc1ccccc1)C2. The lowest BCUT2D eigenvalue weighted by molar-refractivity contribution is 0.0395. The minimum absolute atomic E-state index is 0.135. The molecule has 0 unspecified atom stereocenters. The van der Waals surface area contributed by atoms with Crippen LogP contribution in [0.4, 0.5) is 4.79 Å². The molecule has 1 amide bonds. The van der Waals surface area contributed by atoms with E-state index in [0.29, 0.717) is 25.2 Å². The van der Waals surface area contributed by atoms with Gasteiger partial charge in [-0.15, -0.1) is 0 Å².